The second-order valence-electron chi connectivity index (χ2n) is 4.85. The number of halogens is 2. The van der Waals surface area contributed by atoms with Crippen LogP contribution in [0.3, 0.4) is 0 Å². The van der Waals surface area contributed by atoms with Gasteiger partial charge in [-0.2, -0.15) is 8.42 Å². The lowest BCUT2D eigenvalue weighted by Crippen LogP contribution is -2.47. The van der Waals surface area contributed by atoms with E-state index in [1.807, 2.05) is 6.92 Å². The summed E-state index contributed by atoms with van der Waals surface area (Å²) in [7, 11) is -4.08. The van der Waals surface area contributed by atoms with E-state index in [-0.39, 0.29) is 4.90 Å². The van der Waals surface area contributed by atoms with Crippen LogP contribution in [0.1, 0.15) is 16.7 Å². The van der Waals surface area contributed by atoms with Crippen molar-refractivity contribution < 1.29 is 17.6 Å². The highest BCUT2D eigenvalue weighted by Crippen LogP contribution is 2.20. The molecule has 5 N–H and O–H groups in total. The predicted octanol–water partition coefficient (Wildman–Crippen LogP) is 2.05. The molecular weight excluding hydrogens is 452 g/mol. The van der Waals surface area contributed by atoms with Crippen molar-refractivity contribution in [2.24, 2.45) is 0 Å². The van der Waals surface area contributed by atoms with Crippen LogP contribution >= 0.6 is 31.9 Å². The van der Waals surface area contributed by atoms with Crippen molar-refractivity contribution >= 4 is 47.8 Å². The molecular formula is C13H17Br2N4O3S+. The Kier molecular flexibility index (Phi) is 6.51. The van der Waals surface area contributed by atoms with Crippen LogP contribution in [-0.2, 0) is 10.1 Å². The molecule has 0 unspecified atom stereocenters. The Morgan fingerprint density at radius 1 is 1.17 bits per heavy atom. The molecule has 2 rings (SSSR count). The largest absolute Gasteiger partial charge is 0.329 e. The quantitative estimate of drug-likeness (QED) is 0.334. The molecule has 23 heavy (non-hydrogen) atoms. The maximum Gasteiger partial charge on any atom is 0.329 e. The molecule has 2 aromatic rings. The van der Waals surface area contributed by atoms with Crippen LogP contribution in [0.4, 0.5) is 5.82 Å². The van der Waals surface area contributed by atoms with Crippen LogP contribution in [0.25, 0.3) is 0 Å². The van der Waals surface area contributed by atoms with Gasteiger partial charge in [0.15, 0.2) is 10.8 Å². The van der Waals surface area contributed by atoms with E-state index in [0.29, 0.717) is 26.2 Å². The number of rotatable bonds is 1. The third-order valence-corrected chi connectivity index (χ3v) is 4.93. The van der Waals surface area contributed by atoms with Crippen molar-refractivity contribution in [2.45, 2.75) is 25.7 Å². The Balaban J connectivity index is 0.000000238. The molecule has 0 aliphatic carbocycles. The van der Waals surface area contributed by atoms with Crippen LogP contribution in [-0.4, -0.2) is 18.0 Å². The first kappa shape index (κ1) is 19.8. The lowest BCUT2D eigenvalue weighted by molar-refractivity contribution is -0.625. The van der Waals surface area contributed by atoms with E-state index >= 15 is 0 Å². The smallest absolute Gasteiger partial charge is 0.283 e. The topological polar surface area (TPSA) is 123 Å². The van der Waals surface area contributed by atoms with Crippen LogP contribution in [0, 0.1) is 20.8 Å². The van der Waals surface area contributed by atoms with Crippen LogP contribution in [0.15, 0.2) is 32.4 Å². The predicted molar refractivity (Wildman–Crippen MR) is 94.9 cm³/mol. The fourth-order valence-corrected chi connectivity index (χ4v) is 4.01. The summed E-state index contributed by atoms with van der Waals surface area (Å²) in [6, 6.07) is 3.46. The van der Waals surface area contributed by atoms with E-state index < -0.39 is 10.1 Å². The molecule has 126 valence electrons. The van der Waals surface area contributed by atoms with E-state index in [1.165, 1.54) is 4.68 Å². The normalized spacial score (nSPS) is 10.9. The first-order chi connectivity index (χ1) is 10.4. The Hall–Kier alpha value is -1.23. The number of hydrogen-bond donors (Lipinski definition) is 3. The fraction of sp³-hybridized carbons (Fsp3) is 0.231. The summed E-state index contributed by atoms with van der Waals surface area (Å²) in [4.78, 5) is 3.97. The van der Waals surface area contributed by atoms with E-state index in [1.54, 1.807) is 32.2 Å². The number of benzene rings is 1. The Morgan fingerprint density at radius 2 is 1.65 bits per heavy atom. The molecule has 1 aromatic carbocycles. The number of hydrogen-bond acceptors (Lipinski definition) is 5. The monoisotopic (exact) mass is 467 g/mol. The summed E-state index contributed by atoms with van der Waals surface area (Å²) in [6.45, 7) is 5.22. The lowest BCUT2D eigenvalue weighted by atomic mass is 10.1. The molecule has 0 saturated heterocycles. The van der Waals surface area contributed by atoms with Crippen molar-refractivity contribution in [3.63, 3.8) is 0 Å². The van der Waals surface area contributed by atoms with E-state index in [0.717, 1.165) is 5.56 Å². The second-order valence-corrected chi connectivity index (χ2v) is 7.77. The summed E-state index contributed by atoms with van der Waals surface area (Å²) in [5.74, 6) is 5.80. The van der Waals surface area contributed by atoms with Gasteiger partial charge in [-0.3, -0.25) is 16.1 Å². The lowest BCUT2D eigenvalue weighted by Gasteiger charge is -2.07. The third-order valence-electron chi connectivity index (χ3n) is 2.80. The molecule has 0 aliphatic rings. The summed E-state index contributed by atoms with van der Waals surface area (Å²) in [5.41, 5.74) is 7.61. The minimum atomic E-state index is -4.08. The molecule has 0 bridgehead atoms. The van der Waals surface area contributed by atoms with E-state index in [9.17, 15) is 8.42 Å². The van der Waals surface area contributed by atoms with Gasteiger partial charge in [-0.1, -0.05) is 17.7 Å². The number of aryl methyl sites for hydroxylation is 3. The van der Waals surface area contributed by atoms with Gasteiger partial charge in [0.2, 0.25) is 0 Å². The average Bonchev–Trinajstić information content (AvgIpc) is 2.33. The SMILES string of the molecule is Cc1cc(C)c(S(=O)(=O)O)c(C)c1.Nc1c(Br)nc(Br)c[n+]1N. The van der Waals surface area contributed by atoms with Crippen molar-refractivity contribution in [2.75, 3.05) is 11.6 Å². The maximum absolute atomic E-state index is 10.9. The molecule has 0 radical (unpaired) electrons. The number of anilines is 1. The Morgan fingerprint density at radius 3 is 2.04 bits per heavy atom. The van der Waals surface area contributed by atoms with Gasteiger partial charge < -0.3 is 0 Å². The van der Waals surface area contributed by atoms with Crippen LogP contribution in [0.2, 0.25) is 0 Å². The van der Waals surface area contributed by atoms with Gasteiger partial charge in [-0.25, -0.2) is 4.98 Å². The minimum absolute atomic E-state index is 0.0260. The summed E-state index contributed by atoms with van der Waals surface area (Å²) in [6.07, 6.45) is 1.57. The standard InChI is InChI=1S/C9H12O3S.C4H4Br2N4/c1-6-4-7(2)9(8(3)5-6)13(10,11)12;5-2-1-10(8)4(7)3(6)9-2/h4-5H,1-3H3,(H,10,11,12);1,7H,8H2/p+1. The number of aromatic nitrogens is 2. The molecule has 1 heterocycles. The Bertz CT molecular complexity index is 795. The van der Waals surface area contributed by atoms with Crippen molar-refractivity contribution in [3.05, 3.63) is 44.2 Å². The summed E-state index contributed by atoms with van der Waals surface area (Å²) in [5, 5.41) is 0. The molecule has 0 amide bonds. The van der Waals surface area contributed by atoms with Gasteiger partial charge in [-0.05, 0) is 63.8 Å². The first-order valence-corrected chi connectivity index (χ1v) is 9.29. The zero-order chi connectivity index (χ0) is 17.9. The van der Waals surface area contributed by atoms with Gasteiger partial charge in [0.25, 0.3) is 10.1 Å². The number of nitrogen functional groups attached to an aromatic ring is 2. The number of nitrogens with zero attached hydrogens (tertiary/aromatic N) is 2. The van der Waals surface area contributed by atoms with Gasteiger partial charge in [0.05, 0.1) is 4.90 Å². The highest BCUT2D eigenvalue weighted by molar-refractivity contribution is 9.11. The molecule has 1 aromatic heterocycles. The highest BCUT2D eigenvalue weighted by atomic mass is 79.9. The van der Waals surface area contributed by atoms with Crippen molar-refractivity contribution in [1.82, 2.24) is 4.98 Å². The fourth-order valence-electron chi connectivity index (χ4n) is 2.04. The van der Waals surface area contributed by atoms with Gasteiger partial charge in [-0.15, -0.1) is 4.68 Å². The zero-order valence-electron chi connectivity index (χ0n) is 12.7. The van der Waals surface area contributed by atoms with Crippen molar-refractivity contribution in [1.29, 1.82) is 0 Å². The molecule has 10 heteroatoms. The molecule has 0 fully saturated rings. The van der Waals surface area contributed by atoms with Crippen molar-refractivity contribution in [3.8, 4) is 0 Å². The first-order valence-electron chi connectivity index (χ1n) is 6.27. The van der Waals surface area contributed by atoms with E-state index in [2.05, 4.69) is 36.8 Å². The summed E-state index contributed by atoms with van der Waals surface area (Å²) >= 11 is 6.28. The molecule has 0 aliphatic heterocycles. The molecule has 0 spiro atoms. The average molecular weight is 469 g/mol. The molecule has 0 saturated carbocycles. The van der Waals surface area contributed by atoms with Crippen LogP contribution in [0.5, 0.6) is 0 Å². The van der Waals surface area contributed by atoms with E-state index in [4.69, 9.17) is 16.1 Å². The second kappa shape index (κ2) is 7.56. The van der Waals surface area contributed by atoms with Gasteiger partial charge in [0, 0.05) is 0 Å². The zero-order valence-corrected chi connectivity index (χ0v) is 16.7. The molecule has 7 nitrogen and oxygen atoms in total. The van der Waals surface area contributed by atoms with Gasteiger partial charge in [0.1, 0.15) is 4.60 Å². The summed E-state index contributed by atoms with van der Waals surface area (Å²) < 4.78 is 33.2. The van der Waals surface area contributed by atoms with Gasteiger partial charge >= 0.3 is 5.82 Å². The Labute approximate surface area is 151 Å². The highest BCUT2D eigenvalue weighted by Gasteiger charge is 2.16. The number of nitrogens with two attached hydrogens (primary N) is 2. The van der Waals surface area contributed by atoms with Crippen LogP contribution < -0.4 is 16.3 Å². The molecule has 0 atom stereocenters. The minimum Gasteiger partial charge on any atom is -0.283 e. The maximum atomic E-state index is 10.9. The third kappa shape index (κ3) is 5.41.